The van der Waals surface area contributed by atoms with E-state index in [1.54, 1.807) is 0 Å². The quantitative estimate of drug-likeness (QED) is 0.484. The van der Waals surface area contributed by atoms with E-state index >= 15 is 0 Å². The minimum absolute atomic E-state index is 0.0423. The Balaban J connectivity index is 1.83. The van der Waals surface area contributed by atoms with Crippen LogP contribution in [0.2, 0.25) is 0 Å². The summed E-state index contributed by atoms with van der Waals surface area (Å²) in [6, 6.07) is 3.28. The number of alkyl halides is 3. The van der Waals surface area contributed by atoms with Gasteiger partial charge < -0.3 is 9.51 Å². The Labute approximate surface area is 143 Å². The lowest BCUT2D eigenvalue weighted by Crippen LogP contribution is -2.30. The number of fused-ring (bicyclic) bond motifs is 1. The van der Waals surface area contributed by atoms with E-state index in [9.17, 15) is 22.4 Å². The Morgan fingerprint density at radius 3 is 2.77 bits per heavy atom. The fourth-order valence-electron chi connectivity index (χ4n) is 2.22. The van der Waals surface area contributed by atoms with Gasteiger partial charge in [-0.05, 0) is 18.2 Å². The highest BCUT2D eigenvalue weighted by Gasteiger charge is 2.34. The summed E-state index contributed by atoms with van der Waals surface area (Å²) in [6.45, 7) is -0.566. The number of anilines is 1. The first-order chi connectivity index (χ1) is 12.3. The van der Waals surface area contributed by atoms with Crippen LogP contribution in [0.4, 0.5) is 23.4 Å². The maximum absolute atomic E-state index is 13.9. The van der Waals surface area contributed by atoms with Crippen LogP contribution in [0.5, 0.6) is 0 Å². The number of nitrogens with one attached hydrogen (secondary N) is 2. The van der Waals surface area contributed by atoms with Crippen molar-refractivity contribution in [3.63, 3.8) is 0 Å². The van der Waals surface area contributed by atoms with Gasteiger partial charge in [0.2, 0.25) is 0 Å². The van der Waals surface area contributed by atoms with Gasteiger partial charge in [0, 0.05) is 24.2 Å². The summed E-state index contributed by atoms with van der Waals surface area (Å²) in [5.74, 6) is -2.12. The summed E-state index contributed by atoms with van der Waals surface area (Å²) in [6.07, 6.45) is -0.996. The Kier molecular flexibility index (Phi) is 4.47. The number of halogens is 4. The molecule has 0 aliphatic carbocycles. The summed E-state index contributed by atoms with van der Waals surface area (Å²) < 4.78 is 53.9. The Morgan fingerprint density at radius 1 is 1.31 bits per heavy atom. The maximum atomic E-state index is 13.9. The number of carbonyl (C=O) groups is 1. The lowest BCUT2D eigenvalue weighted by molar-refractivity contribution is -0.136. The number of aliphatic hydroxyl groups excluding tert-OH is 1. The first kappa shape index (κ1) is 17.6. The SMILES string of the molecule is O=C(NNc1nccc(CO)c1F)c1cn2cccc(C(F)(F)F)c2n1. The number of imidazole rings is 1. The fourth-order valence-corrected chi connectivity index (χ4v) is 2.22. The molecule has 3 aromatic rings. The summed E-state index contributed by atoms with van der Waals surface area (Å²) in [4.78, 5) is 19.4. The van der Waals surface area contributed by atoms with E-state index in [0.29, 0.717) is 0 Å². The average Bonchev–Trinajstić information content (AvgIpc) is 3.03. The van der Waals surface area contributed by atoms with Gasteiger partial charge in [-0.15, -0.1) is 0 Å². The lowest BCUT2D eigenvalue weighted by atomic mass is 10.2. The Morgan fingerprint density at radius 2 is 2.08 bits per heavy atom. The van der Waals surface area contributed by atoms with E-state index in [-0.39, 0.29) is 17.1 Å². The summed E-state index contributed by atoms with van der Waals surface area (Å²) in [7, 11) is 0. The van der Waals surface area contributed by atoms with Crippen molar-refractivity contribution in [1.29, 1.82) is 0 Å². The number of nitrogens with zero attached hydrogens (tertiary/aromatic N) is 3. The number of aliphatic hydroxyl groups is 1. The number of carbonyl (C=O) groups excluding carboxylic acids is 1. The van der Waals surface area contributed by atoms with Gasteiger partial charge in [-0.1, -0.05) is 0 Å². The molecule has 0 aromatic carbocycles. The third-order valence-electron chi connectivity index (χ3n) is 3.45. The van der Waals surface area contributed by atoms with Crippen LogP contribution >= 0.6 is 0 Å². The second-order valence-electron chi connectivity index (χ2n) is 5.15. The smallest absolute Gasteiger partial charge is 0.392 e. The van der Waals surface area contributed by atoms with Crippen LogP contribution in [0.25, 0.3) is 5.65 Å². The summed E-state index contributed by atoms with van der Waals surface area (Å²) in [5, 5.41) is 8.98. The van der Waals surface area contributed by atoms with Crippen molar-refractivity contribution in [2.24, 2.45) is 0 Å². The summed E-state index contributed by atoms with van der Waals surface area (Å²) >= 11 is 0. The van der Waals surface area contributed by atoms with Crippen LogP contribution in [0.15, 0.2) is 36.8 Å². The molecule has 26 heavy (non-hydrogen) atoms. The van der Waals surface area contributed by atoms with Crippen molar-refractivity contribution >= 4 is 17.4 Å². The van der Waals surface area contributed by atoms with Gasteiger partial charge in [-0.25, -0.2) is 14.4 Å². The Hall–Kier alpha value is -3.21. The van der Waals surface area contributed by atoms with Gasteiger partial charge in [-0.2, -0.15) is 13.2 Å². The Bertz CT molecular complexity index is 970. The minimum Gasteiger partial charge on any atom is -0.392 e. The molecular weight excluding hydrogens is 358 g/mol. The molecule has 3 aromatic heterocycles. The molecular formula is C15H11F4N5O2. The van der Waals surface area contributed by atoms with E-state index in [2.05, 4.69) is 20.8 Å². The number of amides is 1. The van der Waals surface area contributed by atoms with E-state index in [1.165, 1.54) is 24.5 Å². The number of hydrazine groups is 1. The molecule has 3 rings (SSSR count). The molecule has 0 radical (unpaired) electrons. The first-order valence-corrected chi connectivity index (χ1v) is 7.16. The molecule has 0 spiro atoms. The number of pyridine rings is 2. The molecule has 0 fully saturated rings. The molecule has 11 heteroatoms. The highest BCUT2D eigenvalue weighted by molar-refractivity contribution is 5.93. The van der Waals surface area contributed by atoms with Gasteiger partial charge in [0.1, 0.15) is 11.3 Å². The van der Waals surface area contributed by atoms with Crippen molar-refractivity contribution in [2.75, 3.05) is 5.43 Å². The van der Waals surface area contributed by atoms with E-state index in [4.69, 9.17) is 5.11 Å². The van der Waals surface area contributed by atoms with Crippen LogP contribution in [0, 0.1) is 5.82 Å². The molecule has 0 aliphatic rings. The zero-order valence-electron chi connectivity index (χ0n) is 12.9. The topological polar surface area (TPSA) is 91.5 Å². The molecule has 0 saturated carbocycles. The van der Waals surface area contributed by atoms with Crippen LogP contribution in [-0.4, -0.2) is 25.4 Å². The molecule has 7 nitrogen and oxygen atoms in total. The number of hydrogen-bond donors (Lipinski definition) is 3. The van der Waals surface area contributed by atoms with Crippen LogP contribution in [0.3, 0.4) is 0 Å². The normalized spacial score (nSPS) is 11.6. The zero-order valence-corrected chi connectivity index (χ0v) is 12.9. The predicted molar refractivity (Wildman–Crippen MR) is 81.4 cm³/mol. The third kappa shape index (κ3) is 3.28. The molecule has 3 heterocycles. The molecule has 0 unspecified atom stereocenters. The van der Waals surface area contributed by atoms with Gasteiger partial charge in [-0.3, -0.25) is 15.6 Å². The second kappa shape index (κ2) is 6.59. The monoisotopic (exact) mass is 369 g/mol. The predicted octanol–water partition coefficient (Wildman–Crippen LogP) is 2.14. The van der Waals surface area contributed by atoms with Gasteiger partial charge in [0.25, 0.3) is 5.91 Å². The highest BCUT2D eigenvalue weighted by Crippen LogP contribution is 2.31. The van der Waals surface area contributed by atoms with E-state index in [1.807, 2.05) is 0 Å². The fraction of sp³-hybridized carbons (Fsp3) is 0.133. The zero-order chi connectivity index (χ0) is 18.9. The van der Waals surface area contributed by atoms with Gasteiger partial charge in [0.15, 0.2) is 11.6 Å². The molecule has 0 saturated heterocycles. The lowest BCUT2D eigenvalue weighted by Gasteiger charge is -2.08. The molecule has 0 bridgehead atoms. The molecule has 0 aliphatic heterocycles. The number of aromatic nitrogens is 3. The van der Waals surface area contributed by atoms with Crippen molar-refractivity contribution in [2.45, 2.75) is 12.8 Å². The standard InChI is InChI=1S/C15H11F4N5O2/c16-11-8(7-25)3-4-20-12(11)22-23-14(26)10-6-24-5-1-2-9(13(24)21-10)15(17,18)19/h1-6,25H,7H2,(H,20,22)(H,23,26). The third-order valence-corrected chi connectivity index (χ3v) is 3.45. The minimum atomic E-state index is -4.63. The van der Waals surface area contributed by atoms with E-state index in [0.717, 1.165) is 16.7 Å². The van der Waals surface area contributed by atoms with Crippen molar-refractivity contribution in [3.8, 4) is 0 Å². The molecule has 136 valence electrons. The van der Waals surface area contributed by atoms with Crippen molar-refractivity contribution < 1.29 is 27.5 Å². The average molecular weight is 369 g/mol. The van der Waals surface area contributed by atoms with Gasteiger partial charge >= 0.3 is 6.18 Å². The molecule has 0 atom stereocenters. The molecule has 3 N–H and O–H groups in total. The number of rotatable bonds is 4. The van der Waals surface area contributed by atoms with Crippen molar-refractivity contribution in [1.82, 2.24) is 19.8 Å². The summed E-state index contributed by atoms with van der Waals surface area (Å²) in [5.41, 5.74) is 2.52. The number of hydrogen-bond acceptors (Lipinski definition) is 5. The van der Waals surface area contributed by atoms with Crippen LogP contribution in [0.1, 0.15) is 21.6 Å². The second-order valence-corrected chi connectivity index (χ2v) is 5.15. The van der Waals surface area contributed by atoms with Crippen LogP contribution < -0.4 is 10.9 Å². The van der Waals surface area contributed by atoms with Crippen molar-refractivity contribution in [3.05, 3.63) is 59.4 Å². The van der Waals surface area contributed by atoms with Crippen LogP contribution in [-0.2, 0) is 12.8 Å². The maximum Gasteiger partial charge on any atom is 0.419 e. The van der Waals surface area contributed by atoms with E-state index < -0.39 is 35.7 Å². The van der Waals surface area contributed by atoms with Gasteiger partial charge in [0.05, 0.1) is 12.2 Å². The molecule has 1 amide bonds. The largest absolute Gasteiger partial charge is 0.419 e. The highest BCUT2D eigenvalue weighted by atomic mass is 19.4. The first-order valence-electron chi connectivity index (χ1n) is 7.16.